The molecule has 35 heavy (non-hydrogen) atoms. The lowest BCUT2D eigenvalue weighted by Crippen LogP contribution is -2.07. The minimum Gasteiger partial charge on any atom is -0.462 e. The molecule has 0 aliphatic rings. The summed E-state index contributed by atoms with van der Waals surface area (Å²) in [5.41, 5.74) is 4.56. The third-order valence-electron chi connectivity index (χ3n) is 5.72. The van der Waals surface area contributed by atoms with Crippen molar-refractivity contribution in [1.82, 2.24) is 9.55 Å². The van der Waals surface area contributed by atoms with Crippen molar-refractivity contribution in [2.75, 3.05) is 18.5 Å². The Hall–Kier alpha value is -3.68. The van der Waals surface area contributed by atoms with E-state index in [9.17, 15) is 9.59 Å². The number of aryl methyl sites for hydroxylation is 1. The number of nitrogens with zero attached hydrogens (tertiary/aromatic N) is 3. The Bertz CT molecular complexity index is 1180. The molecule has 0 aliphatic carbocycles. The van der Waals surface area contributed by atoms with E-state index in [1.165, 1.54) is 0 Å². The first-order valence-corrected chi connectivity index (χ1v) is 12.1. The quantitative estimate of drug-likeness (QED) is 0.210. The van der Waals surface area contributed by atoms with Crippen molar-refractivity contribution in [3.63, 3.8) is 0 Å². The summed E-state index contributed by atoms with van der Waals surface area (Å²) in [6, 6.07) is 13.1. The average molecular weight is 479 g/mol. The molecule has 3 rings (SSSR count). The number of aromatic nitrogens is 2. The molecular weight excluding hydrogens is 444 g/mol. The van der Waals surface area contributed by atoms with Crippen molar-refractivity contribution < 1.29 is 19.1 Å². The highest BCUT2D eigenvalue weighted by Crippen LogP contribution is 2.19. The van der Waals surface area contributed by atoms with E-state index < -0.39 is 6.09 Å². The van der Waals surface area contributed by atoms with Gasteiger partial charge in [0.15, 0.2) is 0 Å². The zero-order valence-corrected chi connectivity index (χ0v) is 21.0. The topological polar surface area (TPSA) is 94.8 Å². The number of benzene rings is 2. The summed E-state index contributed by atoms with van der Waals surface area (Å²) in [5.74, 6) is 0.489. The van der Waals surface area contributed by atoms with Gasteiger partial charge in [-0.15, -0.1) is 0 Å². The highest BCUT2D eigenvalue weighted by molar-refractivity contribution is 6.04. The number of fused-ring (bicyclic) bond motifs is 1. The van der Waals surface area contributed by atoms with E-state index in [2.05, 4.69) is 22.2 Å². The van der Waals surface area contributed by atoms with Crippen molar-refractivity contribution >= 4 is 34.5 Å². The van der Waals surface area contributed by atoms with Crippen LogP contribution in [0.2, 0.25) is 0 Å². The minimum atomic E-state index is -0.547. The summed E-state index contributed by atoms with van der Waals surface area (Å²) in [7, 11) is 1.95. The molecule has 0 saturated carbocycles. The van der Waals surface area contributed by atoms with E-state index in [1.807, 2.05) is 41.9 Å². The molecule has 0 radical (unpaired) electrons. The van der Waals surface area contributed by atoms with Gasteiger partial charge in [0.05, 0.1) is 42.1 Å². The smallest absolute Gasteiger partial charge is 0.433 e. The van der Waals surface area contributed by atoms with Crippen LogP contribution in [-0.4, -0.2) is 40.5 Å². The van der Waals surface area contributed by atoms with Crippen LogP contribution in [0, 0.1) is 0 Å². The molecule has 186 valence electrons. The van der Waals surface area contributed by atoms with Gasteiger partial charge in [0, 0.05) is 12.7 Å². The second kappa shape index (κ2) is 12.7. The van der Waals surface area contributed by atoms with E-state index in [-0.39, 0.29) is 5.97 Å². The van der Waals surface area contributed by atoms with Gasteiger partial charge in [0.25, 0.3) is 0 Å². The van der Waals surface area contributed by atoms with Gasteiger partial charge < -0.3 is 19.4 Å². The molecular formula is C27H34N4O4. The number of aliphatic imine (C=N–C) groups is 1. The third kappa shape index (κ3) is 7.15. The Labute approximate surface area is 206 Å². The molecule has 0 atom stereocenters. The summed E-state index contributed by atoms with van der Waals surface area (Å²) < 4.78 is 12.3. The molecule has 0 fully saturated rings. The van der Waals surface area contributed by atoms with Crippen LogP contribution in [-0.2, 0) is 23.1 Å². The molecule has 8 heteroatoms. The number of hydrogen-bond donors (Lipinski definition) is 1. The summed E-state index contributed by atoms with van der Waals surface area (Å²) >= 11 is 0. The Morgan fingerprint density at radius 2 is 1.74 bits per heavy atom. The minimum absolute atomic E-state index is 0.335. The Morgan fingerprint density at radius 3 is 2.46 bits per heavy atom. The lowest BCUT2D eigenvalue weighted by Gasteiger charge is -2.08. The van der Waals surface area contributed by atoms with Crippen LogP contribution in [0.3, 0.4) is 0 Å². The number of rotatable bonds is 11. The predicted octanol–water partition coefficient (Wildman–Crippen LogP) is 5.89. The number of anilines is 1. The van der Waals surface area contributed by atoms with E-state index in [0.29, 0.717) is 31.0 Å². The molecule has 8 nitrogen and oxygen atoms in total. The van der Waals surface area contributed by atoms with Crippen molar-refractivity contribution in [3.8, 4) is 0 Å². The van der Waals surface area contributed by atoms with Gasteiger partial charge in [-0.25, -0.2) is 14.6 Å². The molecule has 0 unspecified atom stereocenters. The molecule has 1 heterocycles. The SMILES string of the molecule is CCCCCCOC(=O)/N=C(/C)c1ccc(NCc2nc3cc(C(=O)OCC)ccc3n2C)cc1. The number of carbonyl (C=O) groups is 2. The van der Waals surface area contributed by atoms with Gasteiger partial charge in [-0.05, 0) is 56.2 Å². The first-order valence-electron chi connectivity index (χ1n) is 12.1. The van der Waals surface area contributed by atoms with Crippen LogP contribution < -0.4 is 5.32 Å². The summed E-state index contributed by atoms with van der Waals surface area (Å²) in [6.45, 7) is 6.98. The molecule has 3 aromatic rings. The lowest BCUT2D eigenvalue weighted by molar-refractivity contribution is 0.0526. The van der Waals surface area contributed by atoms with Crippen LogP contribution in [0.5, 0.6) is 0 Å². The molecule has 2 aromatic carbocycles. The van der Waals surface area contributed by atoms with Gasteiger partial charge in [-0.2, -0.15) is 4.99 Å². The predicted molar refractivity (Wildman–Crippen MR) is 138 cm³/mol. The first kappa shape index (κ1) is 25.9. The maximum atomic E-state index is 12.0. The van der Waals surface area contributed by atoms with Crippen LogP contribution in [0.15, 0.2) is 47.5 Å². The van der Waals surface area contributed by atoms with Gasteiger partial charge in [0.1, 0.15) is 5.82 Å². The van der Waals surface area contributed by atoms with E-state index in [4.69, 9.17) is 9.47 Å². The molecule has 0 saturated heterocycles. The average Bonchev–Trinajstić information content (AvgIpc) is 3.17. The number of nitrogens with one attached hydrogen (secondary N) is 1. The van der Waals surface area contributed by atoms with E-state index in [1.54, 1.807) is 26.0 Å². The number of carbonyl (C=O) groups excluding carboxylic acids is 2. The molecule has 1 amide bonds. The highest BCUT2D eigenvalue weighted by Gasteiger charge is 2.12. The van der Waals surface area contributed by atoms with Crippen LogP contribution in [0.1, 0.15) is 68.2 Å². The summed E-state index contributed by atoms with van der Waals surface area (Å²) in [5, 5.41) is 3.37. The number of imidazole rings is 1. The zero-order chi connectivity index (χ0) is 25.2. The number of ether oxygens (including phenoxy) is 2. The largest absolute Gasteiger partial charge is 0.462 e. The van der Waals surface area contributed by atoms with Crippen molar-refractivity contribution in [2.24, 2.45) is 12.0 Å². The molecule has 0 aliphatic heterocycles. The Morgan fingerprint density at radius 1 is 1.00 bits per heavy atom. The fourth-order valence-electron chi connectivity index (χ4n) is 3.68. The van der Waals surface area contributed by atoms with Crippen molar-refractivity contribution in [2.45, 2.75) is 53.0 Å². The van der Waals surface area contributed by atoms with Crippen LogP contribution >= 0.6 is 0 Å². The zero-order valence-electron chi connectivity index (χ0n) is 21.0. The van der Waals surface area contributed by atoms with Gasteiger partial charge in [-0.1, -0.05) is 38.3 Å². The third-order valence-corrected chi connectivity index (χ3v) is 5.72. The maximum absolute atomic E-state index is 12.0. The lowest BCUT2D eigenvalue weighted by atomic mass is 10.1. The number of esters is 1. The first-order chi connectivity index (χ1) is 16.9. The fraction of sp³-hybridized carbons (Fsp3) is 0.407. The van der Waals surface area contributed by atoms with E-state index >= 15 is 0 Å². The highest BCUT2D eigenvalue weighted by atomic mass is 16.5. The molecule has 1 aromatic heterocycles. The molecule has 0 bridgehead atoms. The maximum Gasteiger partial charge on any atom is 0.433 e. The Kier molecular flexibility index (Phi) is 9.40. The standard InChI is InChI=1S/C27H34N4O4/c1-5-7-8-9-16-35-27(33)29-19(3)20-10-13-22(14-11-20)28-18-25-30-23-17-21(26(32)34-6-2)12-15-24(23)31(25)4/h10-15,17,28H,5-9,16,18H2,1-4H3/b29-19-. The Balaban J connectivity index is 1.58. The normalized spacial score (nSPS) is 11.5. The van der Waals surface area contributed by atoms with Gasteiger partial charge in [-0.3, -0.25) is 0 Å². The number of amides is 1. The van der Waals surface area contributed by atoms with Crippen molar-refractivity contribution in [1.29, 1.82) is 0 Å². The molecule has 1 N–H and O–H groups in total. The van der Waals surface area contributed by atoms with Crippen LogP contribution in [0.4, 0.5) is 10.5 Å². The number of hydrogen-bond acceptors (Lipinski definition) is 6. The van der Waals surface area contributed by atoms with E-state index in [0.717, 1.165) is 53.8 Å². The van der Waals surface area contributed by atoms with Crippen LogP contribution in [0.25, 0.3) is 11.0 Å². The number of unbranched alkanes of at least 4 members (excludes halogenated alkanes) is 3. The summed E-state index contributed by atoms with van der Waals surface area (Å²) in [4.78, 5) is 32.6. The molecule has 0 spiro atoms. The monoisotopic (exact) mass is 478 g/mol. The van der Waals surface area contributed by atoms with Gasteiger partial charge in [0.2, 0.25) is 0 Å². The van der Waals surface area contributed by atoms with Crippen molar-refractivity contribution in [3.05, 3.63) is 59.4 Å². The van der Waals surface area contributed by atoms with Gasteiger partial charge >= 0.3 is 12.1 Å². The fourth-order valence-corrected chi connectivity index (χ4v) is 3.68. The second-order valence-corrected chi connectivity index (χ2v) is 8.31. The summed E-state index contributed by atoms with van der Waals surface area (Å²) in [6.07, 6.45) is 3.67. The second-order valence-electron chi connectivity index (χ2n) is 8.31.